The first-order valence-electron chi connectivity index (χ1n) is 18.6. The maximum atomic E-state index is 11.7. The van der Waals surface area contributed by atoms with Gasteiger partial charge in [-0.2, -0.15) is 0 Å². The molecule has 10 nitrogen and oxygen atoms in total. The first kappa shape index (κ1) is 37.8. The first-order chi connectivity index (χ1) is 26.1. The van der Waals surface area contributed by atoms with Crippen molar-refractivity contribution in [1.82, 2.24) is 35.0 Å². The second kappa shape index (κ2) is 16.5. The Labute approximate surface area is 326 Å². The van der Waals surface area contributed by atoms with E-state index in [4.69, 9.17) is 32.9 Å². The maximum Gasteiger partial charge on any atom is 0.219 e. The standard InChI is InChI=1S/C42H47Cl2N7O3/c1-26(52)50-18-13-31(14-19-50)46-23-29-9-8-28(22-38(29)54-4)41-40(44)35(12-17-45-41)34-6-5-7-36(39(34)43)37-11-10-33-30(25-49(3)42(33)48-37)24-47-32-15-20-51(21-16-32)27(2)53/h5-12,17,22,25,31-32,46-47H,13-16,18-21,23-24H2,1-4H3. The van der Waals surface area contributed by atoms with Crippen LogP contribution in [0.5, 0.6) is 5.75 Å². The number of pyridine rings is 2. The molecule has 0 aliphatic carbocycles. The van der Waals surface area contributed by atoms with Gasteiger partial charge in [-0.25, -0.2) is 4.98 Å². The van der Waals surface area contributed by atoms with E-state index in [0.717, 1.165) is 109 Å². The number of carbonyl (C=O) groups is 2. The van der Waals surface area contributed by atoms with Crippen LogP contribution in [0.1, 0.15) is 50.7 Å². The molecule has 2 aliphatic rings. The van der Waals surface area contributed by atoms with Crippen LogP contribution >= 0.6 is 23.2 Å². The number of ether oxygens (including phenoxy) is 1. The predicted octanol–water partition coefficient (Wildman–Crippen LogP) is 7.49. The minimum absolute atomic E-state index is 0.137. The molecule has 282 valence electrons. The number of carbonyl (C=O) groups excluding carboxylic acids is 2. The van der Waals surface area contributed by atoms with Gasteiger partial charge in [0.25, 0.3) is 0 Å². The molecule has 2 amide bonds. The Morgan fingerprint density at radius 1 is 0.796 bits per heavy atom. The summed E-state index contributed by atoms with van der Waals surface area (Å²) in [6.45, 7) is 7.81. The SMILES string of the molecule is COc1cc(-c2nccc(-c3cccc(-c4ccc5c(CNC6CCN(C(C)=O)CC6)cn(C)c5n4)c3Cl)c2Cl)ccc1CNC1CCN(C(C)=O)CC1. The van der Waals surface area contributed by atoms with Crippen LogP contribution in [0.15, 0.2) is 67.0 Å². The van der Waals surface area contributed by atoms with Crippen molar-refractivity contribution in [3.05, 3.63) is 88.2 Å². The van der Waals surface area contributed by atoms with Gasteiger partial charge >= 0.3 is 0 Å². The molecule has 7 rings (SSSR count). The van der Waals surface area contributed by atoms with Crippen molar-refractivity contribution in [1.29, 1.82) is 0 Å². The number of piperidine rings is 2. The van der Waals surface area contributed by atoms with Gasteiger partial charge < -0.3 is 29.7 Å². The highest BCUT2D eigenvalue weighted by molar-refractivity contribution is 6.39. The van der Waals surface area contributed by atoms with Gasteiger partial charge in [0.2, 0.25) is 11.8 Å². The lowest BCUT2D eigenvalue weighted by Crippen LogP contribution is -2.43. The highest BCUT2D eigenvalue weighted by Crippen LogP contribution is 2.42. The quantitative estimate of drug-likeness (QED) is 0.152. The summed E-state index contributed by atoms with van der Waals surface area (Å²) in [5.41, 5.74) is 7.74. The predicted molar refractivity (Wildman–Crippen MR) is 216 cm³/mol. The van der Waals surface area contributed by atoms with E-state index in [1.165, 1.54) is 5.56 Å². The molecule has 0 atom stereocenters. The summed E-state index contributed by atoms with van der Waals surface area (Å²) in [4.78, 5) is 37.0. The maximum absolute atomic E-state index is 11.7. The number of likely N-dealkylation sites (tertiary alicyclic amines) is 2. The number of fused-ring (bicyclic) bond motifs is 1. The van der Waals surface area contributed by atoms with Crippen molar-refractivity contribution in [2.24, 2.45) is 7.05 Å². The van der Waals surface area contributed by atoms with Gasteiger partial charge in [0.1, 0.15) is 11.4 Å². The van der Waals surface area contributed by atoms with Crippen molar-refractivity contribution >= 4 is 46.0 Å². The normalized spacial score (nSPS) is 15.6. The number of nitrogens with zero attached hydrogens (tertiary/aromatic N) is 5. The smallest absolute Gasteiger partial charge is 0.219 e. The zero-order chi connectivity index (χ0) is 37.9. The minimum Gasteiger partial charge on any atom is -0.496 e. The topological polar surface area (TPSA) is 105 Å². The van der Waals surface area contributed by atoms with Crippen molar-refractivity contribution in [3.63, 3.8) is 0 Å². The molecule has 0 unspecified atom stereocenters. The van der Waals surface area contributed by atoms with E-state index in [1.54, 1.807) is 27.2 Å². The molecular weight excluding hydrogens is 721 g/mol. The van der Waals surface area contributed by atoms with Crippen molar-refractivity contribution in [3.8, 4) is 39.4 Å². The lowest BCUT2D eigenvalue weighted by atomic mass is 9.99. The number of halogens is 2. The lowest BCUT2D eigenvalue weighted by Gasteiger charge is -2.32. The number of methoxy groups -OCH3 is 1. The van der Waals surface area contributed by atoms with Crippen LogP contribution in [0.2, 0.25) is 10.0 Å². The Kier molecular flexibility index (Phi) is 11.5. The third-order valence-corrected chi connectivity index (χ3v) is 11.8. The number of benzene rings is 2. The fourth-order valence-corrected chi connectivity index (χ4v) is 8.40. The van der Waals surface area contributed by atoms with E-state index in [0.29, 0.717) is 34.4 Å². The second-order valence-corrected chi connectivity index (χ2v) is 15.1. The molecule has 2 aromatic carbocycles. The van der Waals surface area contributed by atoms with Gasteiger partial charge in [-0.05, 0) is 55.5 Å². The summed E-state index contributed by atoms with van der Waals surface area (Å²) in [6, 6.07) is 18.7. The Bertz CT molecular complexity index is 2170. The Balaban J connectivity index is 1.08. The average Bonchev–Trinajstić information content (AvgIpc) is 3.50. The Morgan fingerprint density at radius 3 is 2.04 bits per heavy atom. The molecule has 0 radical (unpaired) electrons. The fraction of sp³-hybridized carbons (Fsp3) is 0.381. The number of rotatable bonds is 10. The van der Waals surface area contributed by atoms with Crippen LogP contribution in [0.25, 0.3) is 44.7 Å². The van der Waals surface area contributed by atoms with E-state index >= 15 is 0 Å². The number of aromatic nitrogens is 3. The van der Waals surface area contributed by atoms with Crippen LogP contribution in [-0.4, -0.2) is 81.5 Å². The van der Waals surface area contributed by atoms with Crippen molar-refractivity contribution in [2.75, 3.05) is 33.3 Å². The highest BCUT2D eigenvalue weighted by Gasteiger charge is 2.23. The molecule has 2 N–H and O–H groups in total. The van der Waals surface area contributed by atoms with E-state index in [-0.39, 0.29) is 11.8 Å². The Hall–Kier alpha value is -4.48. The van der Waals surface area contributed by atoms with Gasteiger partial charge in [0, 0.05) is 118 Å². The van der Waals surface area contributed by atoms with Gasteiger partial charge in [0.05, 0.1) is 28.5 Å². The molecule has 54 heavy (non-hydrogen) atoms. The van der Waals surface area contributed by atoms with E-state index in [9.17, 15) is 9.59 Å². The van der Waals surface area contributed by atoms with Crippen molar-refractivity contribution in [2.45, 2.75) is 64.7 Å². The van der Waals surface area contributed by atoms with E-state index in [2.05, 4.69) is 38.5 Å². The second-order valence-electron chi connectivity index (χ2n) is 14.4. The summed E-state index contributed by atoms with van der Waals surface area (Å²) in [6.07, 6.45) is 7.65. The minimum atomic E-state index is 0.137. The van der Waals surface area contributed by atoms with E-state index < -0.39 is 0 Å². The molecule has 3 aromatic heterocycles. The van der Waals surface area contributed by atoms with Crippen LogP contribution in [0.3, 0.4) is 0 Å². The van der Waals surface area contributed by atoms with Crippen LogP contribution in [-0.2, 0) is 29.7 Å². The summed E-state index contributed by atoms with van der Waals surface area (Å²) < 4.78 is 7.88. The molecular formula is C42H47Cl2N7O3. The molecule has 0 spiro atoms. The third kappa shape index (κ3) is 7.98. The molecule has 0 bridgehead atoms. The largest absolute Gasteiger partial charge is 0.496 e. The van der Waals surface area contributed by atoms with Crippen molar-refractivity contribution < 1.29 is 14.3 Å². The van der Waals surface area contributed by atoms with Gasteiger partial charge in [-0.3, -0.25) is 14.6 Å². The van der Waals surface area contributed by atoms with Gasteiger partial charge in [-0.15, -0.1) is 0 Å². The number of hydrogen-bond donors (Lipinski definition) is 2. The summed E-state index contributed by atoms with van der Waals surface area (Å²) >= 11 is 14.3. The van der Waals surface area contributed by atoms with Crippen LogP contribution < -0.4 is 15.4 Å². The van der Waals surface area contributed by atoms with Crippen LogP contribution in [0.4, 0.5) is 0 Å². The molecule has 2 saturated heterocycles. The monoisotopic (exact) mass is 767 g/mol. The molecule has 2 aliphatic heterocycles. The van der Waals surface area contributed by atoms with Gasteiger partial charge in [0.15, 0.2) is 0 Å². The molecule has 0 saturated carbocycles. The zero-order valence-electron chi connectivity index (χ0n) is 31.3. The Morgan fingerprint density at radius 2 is 1.41 bits per heavy atom. The third-order valence-electron chi connectivity index (χ3n) is 11.0. The number of hydrogen-bond acceptors (Lipinski definition) is 7. The highest BCUT2D eigenvalue weighted by atomic mass is 35.5. The molecule has 2 fully saturated rings. The molecule has 5 aromatic rings. The fourth-order valence-electron chi connectivity index (χ4n) is 7.76. The molecule has 12 heteroatoms. The first-order valence-corrected chi connectivity index (χ1v) is 19.4. The average molecular weight is 769 g/mol. The summed E-state index contributed by atoms with van der Waals surface area (Å²) in [5.74, 6) is 1.04. The summed E-state index contributed by atoms with van der Waals surface area (Å²) in [7, 11) is 3.69. The number of amides is 2. The lowest BCUT2D eigenvalue weighted by molar-refractivity contribution is -0.130. The number of aryl methyl sites for hydroxylation is 1. The molecule has 5 heterocycles. The number of nitrogens with one attached hydrogen (secondary N) is 2. The zero-order valence-corrected chi connectivity index (χ0v) is 32.8. The van der Waals surface area contributed by atoms with Crippen LogP contribution in [0, 0.1) is 0 Å². The van der Waals surface area contributed by atoms with E-state index in [1.807, 2.05) is 59.3 Å². The summed E-state index contributed by atoms with van der Waals surface area (Å²) in [5, 5.41) is 9.49. The van der Waals surface area contributed by atoms with Gasteiger partial charge in [-0.1, -0.05) is 53.5 Å².